The molecule has 5 rings (SSSR count). The summed E-state index contributed by atoms with van der Waals surface area (Å²) >= 11 is 0. The van der Waals surface area contributed by atoms with E-state index in [0.29, 0.717) is 5.69 Å². The Morgan fingerprint density at radius 2 is 1.91 bits per heavy atom. The number of nitrogen functional groups attached to an aromatic ring is 1. The number of aryl methyl sites for hydroxylation is 1. The third-order valence-electron chi connectivity index (χ3n) is 5.84. The van der Waals surface area contributed by atoms with Gasteiger partial charge in [-0.15, -0.1) is 0 Å². The van der Waals surface area contributed by atoms with E-state index < -0.39 is 0 Å². The van der Waals surface area contributed by atoms with Gasteiger partial charge in [0.25, 0.3) is 0 Å². The minimum atomic E-state index is -0.282. The molecule has 8 nitrogen and oxygen atoms in total. The zero-order valence-corrected chi connectivity index (χ0v) is 17.8. The maximum absolute atomic E-state index is 13.5. The lowest BCUT2D eigenvalue weighted by molar-refractivity contribution is 0.176. The van der Waals surface area contributed by atoms with Crippen LogP contribution in [0.3, 0.4) is 0 Å². The quantitative estimate of drug-likeness (QED) is 0.510. The molecule has 0 spiro atoms. The van der Waals surface area contributed by atoms with Gasteiger partial charge in [-0.1, -0.05) is 5.16 Å². The third-order valence-corrected chi connectivity index (χ3v) is 5.84. The molecule has 1 saturated heterocycles. The van der Waals surface area contributed by atoms with E-state index in [1.54, 1.807) is 18.3 Å². The van der Waals surface area contributed by atoms with Gasteiger partial charge in [-0.25, -0.2) is 19.3 Å². The summed E-state index contributed by atoms with van der Waals surface area (Å²) in [4.78, 5) is 15.5. The Balaban J connectivity index is 1.43. The van der Waals surface area contributed by atoms with Crippen molar-refractivity contribution in [2.75, 3.05) is 18.8 Å². The van der Waals surface area contributed by atoms with Crippen molar-refractivity contribution in [3.05, 3.63) is 66.2 Å². The number of nitrogens with zero attached hydrogens (tertiary/aromatic N) is 6. The number of aromatic nitrogens is 5. The van der Waals surface area contributed by atoms with Gasteiger partial charge in [0, 0.05) is 43.5 Å². The van der Waals surface area contributed by atoms with E-state index in [1.807, 2.05) is 25.4 Å². The number of hydrogen-bond donors (Lipinski definition) is 1. The maximum Gasteiger partial charge on any atom is 0.220 e. The second kappa shape index (κ2) is 8.51. The summed E-state index contributed by atoms with van der Waals surface area (Å²) in [6, 6.07) is 10.4. The average molecular weight is 433 g/mol. The standard InChI is InChI=1S/C23H24FN7O/c1-15-12-18(29-32-15)13-30-10-7-19(8-11-30)31-14-27-21(16-2-4-17(24)5-3-16)22(31)20-6-9-26-23(25)28-20/h2-6,9,12,14,19H,7-8,10-11,13H2,1H3,(H2,25,26,28). The van der Waals surface area contributed by atoms with Gasteiger partial charge in [-0.2, -0.15) is 0 Å². The summed E-state index contributed by atoms with van der Waals surface area (Å²) in [5.41, 5.74) is 9.99. The number of anilines is 1. The molecule has 0 saturated carbocycles. The lowest BCUT2D eigenvalue weighted by Gasteiger charge is -2.32. The van der Waals surface area contributed by atoms with Gasteiger partial charge in [0.1, 0.15) is 11.6 Å². The van der Waals surface area contributed by atoms with Gasteiger partial charge in [-0.05, 0) is 50.1 Å². The van der Waals surface area contributed by atoms with E-state index >= 15 is 0 Å². The summed E-state index contributed by atoms with van der Waals surface area (Å²) in [6.07, 6.45) is 5.42. The molecule has 3 aromatic heterocycles. The van der Waals surface area contributed by atoms with Crippen LogP contribution in [0, 0.1) is 12.7 Å². The van der Waals surface area contributed by atoms with Crippen molar-refractivity contribution in [3.8, 4) is 22.6 Å². The summed E-state index contributed by atoms with van der Waals surface area (Å²) in [6.45, 7) is 4.56. The number of likely N-dealkylation sites (tertiary alicyclic amines) is 1. The molecule has 1 aliphatic heterocycles. The molecule has 0 bridgehead atoms. The molecule has 0 amide bonds. The molecule has 0 atom stereocenters. The lowest BCUT2D eigenvalue weighted by atomic mass is 10.0. The minimum absolute atomic E-state index is 0.207. The predicted molar refractivity (Wildman–Crippen MR) is 118 cm³/mol. The number of benzene rings is 1. The molecule has 9 heteroatoms. The molecular weight excluding hydrogens is 409 g/mol. The highest BCUT2D eigenvalue weighted by atomic mass is 19.1. The minimum Gasteiger partial charge on any atom is -0.368 e. The van der Waals surface area contributed by atoms with Crippen molar-refractivity contribution in [2.45, 2.75) is 32.4 Å². The zero-order chi connectivity index (χ0) is 22.1. The smallest absolute Gasteiger partial charge is 0.220 e. The first kappa shape index (κ1) is 20.3. The topological polar surface area (TPSA) is 98.9 Å². The van der Waals surface area contributed by atoms with Gasteiger partial charge < -0.3 is 14.8 Å². The van der Waals surface area contributed by atoms with Crippen molar-refractivity contribution in [3.63, 3.8) is 0 Å². The van der Waals surface area contributed by atoms with Crippen molar-refractivity contribution < 1.29 is 8.91 Å². The summed E-state index contributed by atoms with van der Waals surface area (Å²) < 4.78 is 20.9. The van der Waals surface area contributed by atoms with Gasteiger partial charge in [0.05, 0.1) is 29.1 Å². The SMILES string of the molecule is Cc1cc(CN2CCC(n3cnc(-c4ccc(F)cc4)c3-c3ccnc(N)n3)CC2)no1. The molecular formula is C23H24FN7O. The Morgan fingerprint density at radius 1 is 1.12 bits per heavy atom. The molecule has 4 aromatic rings. The number of halogens is 1. The molecule has 0 unspecified atom stereocenters. The van der Waals surface area contributed by atoms with Crippen molar-refractivity contribution in [2.24, 2.45) is 0 Å². The maximum atomic E-state index is 13.5. The fourth-order valence-corrected chi connectivity index (χ4v) is 4.29. The van der Waals surface area contributed by atoms with Crippen molar-refractivity contribution in [1.82, 2.24) is 29.6 Å². The van der Waals surface area contributed by atoms with E-state index in [9.17, 15) is 4.39 Å². The molecule has 1 fully saturated rings. The van der Waals surface area contributed by atoms with Crippen LogP contribution in [0.15, 0.2) is 53.4 Å². The molecule has 2 N–H and O–H groups in total. The predicted octanol–water partition coefficient (Wildman–Crippen LogP) is 3.86. The highest BCUT2D eigenvalue weighted by Gasteiger charge is 2.26. The van der Waals surface area contributed by atoms with E-state index in [-0.39, 0.29) is 17.8 Å². The zero-order valence-electron chi connectivity index (χ0n) is 17.8. The first-order valence-corrected chi connectivity index (χ1v) is 10.6. The van der Waals surface area contributed by atoms with Gasteiger partial charge in [0.2, 0.25) is 5.95 Å². The number of piperidine rings is 1. The largest absolute Gasteiger partial charge is 0.368 e. The monoisotopic (exact) mass is 433 g/mol. The molecule has 0 aliphatic carbocycles. The fraction of sp³-hybridized carbons (Fsp3) is 0.304. The highest BCUT2D eigenvalue weighted by molar-refractivity contribution is 5.77. The Morgan fingerprint density at radius 3 is 2.59 bits per heavy atom. The van der Waals surface area contributed by atoms with Crippen LogP contribution >= 0.6 is 0 Å². The summed E-state index contributed by atoms with van der Waals surface area (Å²) in [7, 11) is 0. The number of rotatable bonds is 5. The Bertz CT molecular complexity index is 1210. The van der Waals surface area contributed by atoms with Crippen molar-refractivity contribution >= 4 is 5.95 Å². The highest BCUT2D eigenvalue weighted by Crippen LogP contribution is 2.35. The van der Waals surface area contributed by atoms with Crippen LogP contribution in [-0.2, 0) is 6.54 Å². The first-order valence-electron chi connectivity index (χ1n) is 10.6. The number of hydrogen-bond acceptors (Lipinski definition) is 7. The molecule has 32 heavy (non-hydrogen) atoms. The molecule has 1 aliphatic rings. The summed E-state index contributed by atoms with van der Waals surface area (Å²) in [5, 5.41) is 4.11. The van der Waals surface area contributed by atoms with Crippen LogP contribution in [0.5, 0.6) is 0 Å². The molecule has 164 valence electrons. The van der Waals surface area contributed by atoms with Crippen molar-refractivity contribution in [1.29, 1.82) is 0 Å². The van der Waals surface area contributed by atoms with E-state index in [4.69, 9.17) is 15.2 Å². The molecule has 1 aromatic carbocycles. The Kier molecular flexibility index (Phi) is 5.40. The van der Waals surface area contributed by atoms with Gasteiger partial charge in [-0.3, -0.25) is 4.90 Å². The summed E-state index contributed by atoms with van der Waals surface area (Å²) in [5.74, 6) is 0.754. The van der Waals surface area contributed by atoms with Gasteiger partial charge in [0.15, 0.2) is 0 Å². The van der Waals surface area contributed by atoms with Crippen LogP contribution < -0.4 is 5.73 Å². The van der Waals surface area contributed by atoms with E-state index in [2.05, 4.69) is 24.6 Å². The third kappa shape index (κ3) is 4.11. The lowest BCUT2D eigenvalue weighted by Crippen LogP contribution is -2.34. The fourth-order valence-electron chi connectivity index (χ4n) is 4.29. The number of nitrogens with two attached hydrogens (primary N) is 1. The Labute approximate surface area is 184 Å². The van der Waals surface area contributed by atoms with Crippen LogP contribution in [-0.4, -0.2) is 42.7 Å². The first-order chi connectivity index (χ1) is 15.6. The van der Waals surface area contributed by atoms with E-state index in [1.165, 1.54) is 12.1 Å². The van der Waals surface area contributed by atoms with Crippen LogP contribution in [0.2, 0.25) is 0 Å². The normalized spacial score (nSPS) is 15.3. The second-order valence-electron chi connectivity index (χ2n) is 8.09. The van der Waals surface area contributed by atoms with Crippen LogP contribution in [0.1, 0.15) is 30.3 Å². The number of imidazole rings is 1. The second-order valence-corrected chi connectivity index (χ2v) is 8.09. The van der Waals surface area contributed by atoms with E-state index in [0.717, 1.165) is 60.9 Å². The van der Waals surface area contributed by atoms with Gasteiger partial charge >= 0.3 is 0 Å². The van der Waals surface area contributed by atoms with Crippen LogP contribution in [0.25, 0.3) is 22.6 Å². The van der Waals surface area contributed by atoms with Crippen LogP contribution in [0.4, 0.5) is 10.3 Å². The molecule has 0 radical (unpaired) electrons. The average Bonchev–Trinajstić information content (AvgIpc) is 3.41. The Hall–Kier alpha value is -3.59. The molecule has 4 heterocycles.